The van der Waals surface area contributed by atoms with Gasteiger partial charge in [0.15, 0.2) is 0 Å². The molecule has 0 saturated heterocycles. The van der Waals surface area contributed by atoms with Gasteiger partial charge < -0.3 is 0 Å². The summed E-state index contributed by atoms with van der Waals surface area (Å²) in [4.78, 5) is 11.6. The van der Waals surface area contributed by atoms with Gasteiger partial charge in [-0.1, -0.05) is 44.2 Å². The Hall–Kier alpha value is -1.64. The Morgan fingerprint density at radius 3 is 2.53 bits per heavy atom. The molecule has 0 spiro atoms. The molecule has 0 saturated carbocycles. The van der Waals surface area contributed by atoms with Gasteiger partial charge in [0, 0.05) is 5.71 Å². The molecule has 0 aromatic heterocycles. The van der Waals surface area contributed by atoms with E-state index in [4.69, 9.17) is 0 Å². The number of rotatable bonds is 5. The summed E-state index contributed by atoms with van der Waals surface area (Å²) in [5.41, 5.74) is 4.55. The van der Waals surface area contributed by atoms with Crippen LogP contribution in [0.2, 0.25) is 0 Å². The predicted octanol–water partition coefficient (Wildman–Crippen LogP) is 2.77. The van der Waals surface area contributed by atoms with E-state index in [1.807, 2.05) is 37.3 Å². The highest BCUT2D eigenvalue weighted by Gasteiger charge is 2.02. The Morgan fingerprint density at radius 1 is 1.29 bits per heavy atom. The van der Waals surface area contributed by atoms with Gasteiger partial charge in [-0.3, -0.25) is 4.79 Å². The van der Waals surface area contributed by atoms with Crippen molar-refractivity contribution in [3.8, 4) is 0 Å². The quantitative estimate of drug-likeness (QED) is 0.615. The minimum atomic E-state index is -0.0701. The van der Waals surface area contributed by atoms with Crippen LogP contribution >= 0.6 is 0 Å². The van der Waals surface area contributed by atoms with Crippen molar-refractivity contribution in [1.82, 2.24) is 5.43 Å². The van der Waals surface area contributed by atoms with Crippen LogP contribution in [-0.2, 0) is 11.2 Å². The van der Waals surface area contributed by atoms with E-state index < -0.39 is 0 Å². The van der Waals surface area contributed by atoms with E-state index in [1.54, 1.807) is 0 Å². The molecule has 0 radical (unpaired) electrons. The molecular weight excluding hydrogens is 212 g/mol. The van der Waals surface area contributed by atoms with Crippen molar-refractivity contribution in [1.29, 1.82) is 0 Å². The highest BCUT2D eigenvalue weighted by atomic mass is 16.2. The van der Waals surface area contributed by atoms with Crippen LogP contribution in [0, 0.1) is 5.92 Å². The lowest BCUT2D eigenvalue weighted by Crippen LogP contribution is -2.21. The van der Waals surface area contributed by atoms with Gasteiger partial charge in [-0.05, 0) is 24.8 Å². The normalized spacial score (nSPS) is 11.6. The lowest BCUT2D eigenvalue weighted by molar-refractivity contribution is -0.120. The van der Waals surface area contributed by atoms with Gasteiger partial charge in [-0.25, -0.2) is 5.43 Å². The highest BCUT2D eigenvalue weighted by molar-refractivity contribution is 5.85. The van der Waals surface area contributed by atoms with Gasteiger partial charge in [0.05, 0.1) is 6.42 Å². The van der Waals surface area contributed by atoms with Crippen molar-refractivity contribution in [2.24, 2.45) is 11.0 Å². The smallest absolute Gasteiger partial charge is 0.244 e. The molecule has 92 valence electrons. The third kappa shape index (κ3) is 5.85. The predicted molar refractivity (Wildman–Crippen MR) is 70.9 cm³/mol. The maximum Gasteiger partial charge on any atom is 0.244 e. The van der Waals surface area contributed by atoms with Crippen LogP contribution in [0.5, 0.6) is 0 Å². The molecule has 0 fully saturated rings. The fraction of sp³-hybridized carbons (Fsp3) is 0.429. The fourth-order valence-electron chi connectivity index (χ4n) is 1.62. The standard InChI is InChI=1S/C14H20N2O/c1-11(2)9-12(3)15-16-14(17)10-13-7-5-4-6-8-13/h4-8,11H,9-10H2,1-3H3,(H,16,17)/b15-12+. The molecule has 1 rings (SSSR count). The first-order valence-corrected chi connectivity index (χ1v) is 5.94. The second-order valence-corrected chi connectivity index (χ2v) is 4.64. The minimum Gasteiger partial charge on any atom is -0.273 e. The molecule has 3 nitrogen and oxygen atoms in total. The Bertz CT molecular complexity index is 382. The summed E-state index contributed by atoms with van der Waals surface area (Å²) in [6.45, 7) is 6.19. The van der Waals surface area contributed by atoms with Crippen molar-refractivity contribution >= 4 is 11.6 Å². The third-order valence-electron chi connectivity index (χ3n) is 2.28. The van der Waals surface area contributed by atoms with Crippen molar-refractivity contribution in [3.05, 3.63) is 35.9 Å². The lowest BCUT2D eigenvalue weighted by atomic mass is 10.1. The van der Waals surface area contributed by atoms with Gasteiger partial charge >= 0.3 is 0 Å². The zero-order valence-corrected chi connectivity index (χ0v) is 10.7. The van der Waals surface area contributed by atoms with Gasteiger partial charge in [-0.15, -0.1) is 0 Å². The number of amides is 1. The number of benzene rings is 1. The monoisotopic (exact) mass is 232 g/mol. The SMILES string of the molecule is C/C(CC(C)C)=N\NC(=O)Cc1ccccc1. The number of hydrogen-bond acceptors (Lipinski definition) is 2. The molecule has 1 N–H and O–H groups in total. The van der Waals surface area contributed by atoms with Crippen LogP contribution in [0.3, 0.4) is 0 Å². The van der Waals surface area contributed by atoms with Crippen molar-refractivity contribution in [2.45, 2.75) is 33.6 Å². The zero-order valence-electron chi connectivity index (χ0n) is 10.7. The first-order valence-electron chi connectivity index (χ1n) is 5.94. The Morgan fingerprint density at radius 2 is 1.94 bits per heavy atom. The topological polar surface area (TPSA) is 41.5 Å². The molecule has 0 atom stereocenters. The molecule has 0 bridgehead atoms. The third-order valence-corrected chi connectivity index (χ3v) is 2.28. The van der Waals surface area contributed by atoms with Gasteiger partial charge in [0.25, 0.3) is 0 Å². The Balaban J connectivity index is 2.40. The maximum atomic E-state index is 11.6. The van der Waals surface area contributed by atoms with Crippen LogP contribution in [0.15, 0.2) is 35.4 Å². The molecule has 1 aromatic carbocycles. The summed E-state index contributed by atoms with van der Waals surface area (Å²) < 4.78 is 0. The second-order valence-electron chi connectivity index (χ2n) is 4.64. The Kier molecular flexibility index (Phi) is 5.40. The number of nitrogens with zero attached hydrogens (tertiary/aromatic N) is 1. The van der Waals surface area contributed by atoms with Gasteiger partial charge in [-0.2, -0.15) is 5.10 Å². The van der Waals surface area contributed by atoms with Crippen molar-refractivity contribution < 1.29 is 4.79 Å². The number of nitrogens with one attached hydrogen (secondary N) is 1. The van der Waals surface area contributed by atoms with Crippen molar-refractivity contribution in [2.75, 3.05) is 0 Å². The number of carbonyl (C=O) groups is 1. The van der Waals surface area contributed by atoms with E-state index in [2.05, 4.69) is 24.4 Å². The summed E-state index contributed by atoms with van der Waals surface area (Å²) >= 11 is 0. The van der Waals surface area contributed by atoms with Crippen LogP contribution in [0.1, 0.15) is 32.8 Å². The molecule has 1 aromatic rings. The van der Waals surface area contributed by atoms with Crippen LogP contribution in [0.25, 0.3) is 0 Å². The minimum absolute atomic E-state index is 0.0701. The summed E-state index contributed by atoms with van der Waals surface area (Å²) in [6, 6.07) is 9.66. The summed E-state index contributed by atoms with van der Waals surface area (Å²) in [6.07, 6.45) is 1.28. The van der Waals surface area contributed by atoms with E-state index >= 15 is 0 Å². The molecule has 3 heteroatoms. The largest absolute Gasteiger partial charge is 0.273 e. The van der Waals surface area contributed by atoms with E-state index in [0.29, 0.717) is 12.3 Å². The number of hydrogen-bond donors (Lipinski definition) is 1. The summed E-state index contributed by atoms with van der Waals surface area (Å²) in [5.74, 6) is 0.490. The van der Waals surface area contributed by atoms with Crippen LogP contribution in [0.4, 0.5) is 0 Å². The van der Waals surface area contributed by atoms with Crippen LogP contribution in [-0.4, -0.2) is 11.6 Å². The van der Waals surface area contributed by atoms with E-state index in [0.717, 1.165) is 17.7 Å². The van der Waals surface area contributed by atoms with E-state index in [9.17, 15) is 4.79 Å². The summed E-state index contributed by atoms with van der Waals surface area (Å²) in [7, 11) is 0. The second kappa shape index (κ2) is 6.84. The van der Waals surface area contributed by atoms with Crippen LogP contribution < -0.4 is 5.43 Å². The molecule has 0 heterocycles. The lowest BCUT2D eigenvalue weighted by Gasteiger charge is -2.05. The highest BCUT2D eigenvalue weighted by Crippen LogP contribution is 2.01. The maximum absolute atomic E-state index is 11.6. The first kappa shape index (κ1) is 13.4. The van der Waals surface area contributed by atoms with Gasteiger partial charge in [0.2, 0.25) is 5.91 Å². The summed E-state index contributed by atoms with van der Waals surface area (Å²) in [5, 5.41) is 4.08. The molecule has 0 aliphatic heterocycles. The fourth-order valence-corrected chi connectivity index (χ4v) is 1.62. The average Bonchev–Trinajstić information content (AvgIpc) is 2.27. The van der Waals surface area contributed by atoms with E-state index in [1.165, 1.54) is 0 Å². The van der Waals surface area contributed by atoms with Gasteiger partial charge in [0.1, 0.15) is 0 Å². The molecule has 0 aliphatic rings. The Labute approximate surface area is 103 Å². The van der Waals surface area contributed by atoms with E-state index in [-0.39, 0.29) is 5.91 Å². The number of hydrazone groups is 1. The number of carbonyl (C=O) groups excluding carboxylic acids is 1. The zero-order chi connectivity index (χ0) is 12.7. The molecule has 17 heavy (non-hydrogen) atoms. The average molecular weight is 232 g/mol. The molecule has 0 unspecified atom stereocenters. The molecular formula is C14H20N2O. The molecule has 0 aliphatic carbocycles. The first-order chi connectivity index (χ1) is 8.08. The molecule has 1 amide bonds. The van der Waals surface area contributed by atoms with Crippen molar-refractivity contribution in [3.63, 3.8) is 0 Å².